The number of hydrogen-bond acceptors (Lipinski definition) is 6. The average molecular weight is 512 g/mol. The molecule has 184 valence electrons. The minimum atomic E-state index is -1.21. The molecule has 3 aromatic carbocycles. The highest BCUT2D eigenvalue weighted by Gasteiger charge is 2.23. The summed E-state index contributed by atoms with van der Waals surface area (Å²) in [4.78, 5) is 37.2. The smallest absolute Gasteiger partial charge is 0.336 e. The van der Waals surface area contributed by atoms with Gasteiger partial charge in [-0.15, -0.1) is 0 Å². The zero-order chi connectivity index (χ0) is 26.1. The number of thiol groups is 1. The predicted molar refractivity (Wildman–Crippen MR) is 143 cm³/mol. The fourth-order valence-corrected chi connectivity index (χ4v) is 4.49. The molecule has 0 bridgehead atoms. The Morgan fingerprint density at radius 3 is 2.32 bits per heavy atom. The lowest BCUT2D eigenvalue weighted by Gasteiger charge is -2.17. The molecule has 8 heteroatoms. The van der Waals surface area contributed by atoms with E-state index in [1.54, 1.807) is 24.3 Å². The molecule has 7 nitrogen and oxygen atoms in total. The minimum Gasteiger partial charge on any atom is -0.508 e. The Kier molecular flexibility index (Phi) is 6.42. The van der Waals surface area contributed by atoms with Crippen molar-refractivity contribution in [3.8, 4) is 28.2 Å². The molecule has 0 fully saturated rings. The van der Waals surface area contributed by atoms with Crippen LogP contribution >= 0.6 is 12.6 Å². The second-order valence-electron chi connectivity index (χ2n) is 8.54. The predicted octanol–water partition coefficient (Wildman–Crippen LogP) is 5.33. The molecule has 0 radical (unpaired) electrons. The van der Waals surface area contributed by atoms with Crippen LogP contribution in [-0.2, 0) is 12.3 Å². The molecular weight excluding hydrogens is 490 g/mol. The SMILES string of the molecule is O=C(NCc1ccc(CS)cc1)c1ccc(-c2c3ccc(=O)cc-3oc3cc(O)ccc23)c(C(=O)O)c1. The first-order chi connectivity index (χ1) is 17.8. The largest absolute Gasteiger partial charge is 0.508 e. The minimum absolute atomic E-state index is 0.0365. The van der Waals surface area contributed by atoms with E-state index >= 15 is 0 Å². The highest BCUT2D eigenvalue weighted by Crippen LogP contribution is 2.42. The number of rotatable bonds is 6. The molecule has 0 aromatic heterocycles. The zero-order valence-corrected chi connectivity index (χ0v) is 20.3. The second kappa shape index (κ2) is 9.83. The molecule has 1 aliphatic heterocycles. The van der Waals surface area contributed by atoms with Crippen LogP contribution in [0.3, 0.4) is 0 Å². The van der Waals surface area contributed by atoms with E-state index < -0.39 is 11.9 Å². The summed E-state index contributed by atoms with van der Waals surface area (Å²) in [5.74, 6) is -0.788. The van der Waals surface area contributed by atoms with Crippen molar-refractivity contribution >= 4 is 35.5 Å². The standard InChI is InChI=1S/C29H21NO6S/c31-19-6-9-22-25(12-19)36-26-13-20(32)7-10-23(26)27(22)21-8-5-18(11-24(21)29(34)35)28(33)30-14-16-1-3-17(15-37)4-2-16/h1-13,31,37H,14-15H2,(H,30,33)(H,34,35). The molecule has 0 unspecified atom stereocenters. The van der Waals surface area contributed by atoms with Crippen molar-refractivity contribution in [1.29, 1.82) is 0 Å². The maximum atomic E-state index is 12.9. The molecule has 5 rings (SSSR count). The summed E-state index contributed by atoms with van der Waals surface area (Å²) in [6.07, 6.45) is 0. The zero-order valence-electron chi connectivity index (χ0n) is 19.4. The fourth-order valence-electron chi connectivity index (χ4n) is 4.28. The van der Waals surface area contributed by atoms with Crippen LogP contribution in [0.1, 0.15) is 31.8 Å². The van der Waals surface area contributed by atoms with E-state index in [9.17, 15) is 24.6 Å². The Balaban J connectivity index is 1.57. The number of phenols is 1. The van der Waals surface area contributed by atoms with E-state index in [0.29, 0.717) is 27.8 Å². The summed E-state index contributed by atoms with van der Waals surface area (Å²) in [5, 5.41) is 23.4. The van der Waals surface area contributed by atoms with Gasteiger partial charge in [0.1, 0.15) is 17.1 Å². The molecule has 0 saturated heterocycles. The summed E-state index contributed by atoms with van der Waals surface area (Å²) < 4.78 is 5.84. The van der Waals surface area contributed by atoms with Gasteiger partial charge < -0.3 is 19.9 Å². The molecule has 2 aliphatic rings. The molecule has 1 amide bonds. The van der Waals surface area contributed by atoms with Crippen LogP contribution in [0.5, 0.6) is 5.75 Å². The van der Waals surface area contributed by atoms with Gasteiger partial charge in [0.15, 0.2) is 5.43 Å². The Morgan fingerprint density at radius 2 is 1.59 bits per heavy atom. The fraction of sp³-hybridized carbons (Fsp3) is 0.0690. The lowest BCUT2D eigenvalue weighted by molar-refractivity contribution is 0.0697. The Labute approximate surface area is 216 Å². The first kappa shape index (κ1) is 24.1. The quantitative estimate of drug-likeness (QED) is 0.181. The summed E-state index contributed by atoms with van der Waals surface area (Å²) in [6.45, 7) is 0.284. The van der Waals surface area contributed by atoms with Crippen LogP contribution in [0.15, 0.2) is 88.1 Å². The summed E-state index contributed by atoms with van der Waals surface area (Å²) in [7, 11) is 0. The molecule has 3 N–H and O–H groups in total. The number of benzene rings is 4. The van der Waals surface area contributed by atoms with Crippen molar-refractivity contribution in [2.45, 2.75) is 12.3 Å². The van der Waals surface area contributed by atoms with Gasteiger partial charge in [-0.05, 0) is 53.1 Å². The third kappa shape index (κ3) is 4.79. The number of aromatic carboxylic acids is 1. The van der Waals surface area contributed by atoms with Crippen LogP contribution in [0.25, 0.3) is 33.4 Å². The number of fused-ring (bicyclic) bond motifs is 2. The first-order valence-electron chi connectivity index (χ1n) is 11.4. The molecule has 0 atom stereocenters. The van der Waals surface area contributed by atoms with Crippen LogP contribution in [0.4, 0.5) is 0 Å². The van der Waals surface area contributed by atoms with Gasteiger partial charge >= 0.3 is 5.97 Å². The number of phenolic OH excluding ortho intramolecular Hbond substituents is 1. The topological polar surface area (TPSA) is 117 Å². The van der Waals surface area contributed by atoms with Crippen molar-refractivity contribution < 1.29 is 24.2 Å². The Bertz CT molecular complexity index is 1690. The third-order valence-electron chi connectivity index (χ3n) is 6.12. The molecule has 1 aliphatic carbocycles. The van der Waals surface area contributed by atoms with Crippen LogP contribution < -0.4 is 10.7 Å². The van der Waals surface area contributed by atoms with Crippen LogP contribution in [-0.4, -0.2) is 22.1 Å². The van der Waals surface area contributed by atoms with Crippen molar-refractivity contribution in [3.63, 3.8) is 0 Å². The second-order valence-corrected chi connectivity index (χ2v) is 8.85. The monoisotopic (exact) mass is 511 g/mol. The van der Waals surface area contributed by atoms with E-state index in [-0.39, 0.29) is 40.2 Å². The lowest BCUT2D eigenvalue weighted by atomic mass is 9.90. The molecule has 1 heterocycles. The van der Waals surface area contributed by atoms with Gasteiger partial charge in [-0.1, -0.05) is 30.3 Å². The lowest BCUT2D eigenvalue weighted by Crippen LogP contribution is -2.23. The summed E-state index contributed by atoms with van der Waals surface area (Å²) in [6, 6.07) is 20.9. The number of carboxylic acid groups (broad SMARTS) is 1. The number of hydrogen-bond donors (Lipinski definition) is 4. The van der Waals surface area contributed by atoms with E-state index in [2.05, 4.69) is 17.9 Å². The van der Waals surface area contributed by atoms with E-state index in [1.807, 2.05) is 24.3 Å². The molecule has 3 aromatic rings. The average Bonchev–Trinajstić information content (AvgIpc) is 2.90. The number of nitrogens with one attached hydrogen (secondary N) is 1. The summed E-state index contributed by atoms with van der Waals surface area (Å²) >= 11 is 4.24. The van der Waals surface area contributed by atoms with Crippen molar-refractivity contribution in [3.05, 3.63) is 111 Å². The van der Waals surface area contributed by atoms with E-state index in [1.165, 1.54) is 30.3 Å². The number of aromatic hydroxyl groups is 1. The number of carboxylic acids is 1. The summed E-state index contributed by atoms with van der Waals surface area (Å²) in [5.41, 5.74) is 3.49. The van der Waals surface area contributed by atoms with E-state index in [0.717, 1.165) is 11.1 Å². The van der Waals surface area contributed by atoms with E-state index in [4.69, 9.17) is 4.42 Å². The van der Waals surface area contributed by atoms with Crippen molar-refractivity contribution in [2.75, 3.05) is 0 Å². The van der Waals surface area contributed by atoms with Gasteiger partial charge in [-0.3, -0.25) is 9.59 Å². The van der Waals surface area contributed by atoms with Gasteiger partial charge in [-0.2, -0.15) is 12.6 Å². The number of carbonyl (C=O) groups excluding carboxylic acids is 1. The Hall–Kier alpha value is -4.56. The first-order valence-corrected chi connectivity index (χ1v) is 12.0. The van der Waals surface area contributed by atoms with Crippen molar-refractivity contribution in [2.24, 2.45) is 0 Å². The molecular formula is C29H21NO6S. The normalized spacial score (nSPS) is 11.1. The van der Waals surface area contributed by atoms with Crippen LogP contribution in [0.2, 0.25) is 0 Å². The van der Waals surface area contributed by atoms with Gasteiger partial charge in [0.25, 0.3) is 5.91 Å². The van der Waals surface area contributed by atoms with Gasteiger partial charge in [0.2, 0.25) is 0 Å². The highest BCUT2D eigenvalue weighted by molar-refractivity contribution is 7.79. The molecule has 0 saturated carbocycles. The maximum Gasteiger partial charge on any atom is 0.336 e. The maximum absolute atomic E-state index is 12.9. The Morgan fingerprint density at radius 1 is 0.865 bits per heavy atom. The van der Waals surface area contributed by atoms with Gasteiger partial charge in [0.05, 0.1) is 5.56 Å². The van der Waals surface area contributed by atoms with Gasteiger partial charge in [-0.25, -0.2) is 4.79 Å². The third-order valence-corrected chi connectivity index (χ3v) is 6.48. The molecule has 0 spiro atoms. The van der Waals surface area contributed by atoms with Gasteiger partial charge in [0, 0.05) is 46.5 Å². The van der Waals surface area contributed by atoms with Crippen molar-refractivity contribution in [1.82, 2.24) is 5.32 Å². The molecule has 37 heavy (non-hydrogen) atoms. The number of amides is 1. The van der Waals surface area contributed by atoms with Crippen LogP contribution in [0, 0.1) is 0 Å². The highest BCUT2D eigenvalue weighted by atomic mass is 32.1. The number of carbonyl (C=O) groups is 2.